The van der Waals surface area contributed by atoms with E-state index in [2.05, 4.69) is 15.4 Å². The second-order valence-corrected chi connectivity index (χ2v) is 5.80. The van der Waals surface area contributed by atoms with Crippen molar-refractivity contribution in [2.75, 3.05) is 6.54 Å². The lowest BCUT2D eigenvalue weighted by molar-refractivity contribution is -0.118. The molecule has 0 spiro atoms. The number of fused-ring (bicyclic) bond motifs is 1. The molecule has 118 valence electrons. The molecule has 1 aromatic carbocycles. The molecule has 7 nitrogen and oxygen atoms in total. The summed E-state index contributed by atoms with van der Waals surface area (Å²) in [6, 6.07) is 5.31. The number of carbonyl (C=O) groups excluding carboxylic acids is 2. The van der Waals surface area contributed by atoms with Crippen LogP contribution in [0, 0.1) is 0 Å². The summed E-state index contributed by atoms with van der Waals surface area (Å²) in [6.07, 6.45) is 0.866. The van der Waals surface area contributed by atoms with Gasteiger partial charge in [0.05, 0.1) is 11.3 Å². The van der Waals surface area contributed by atoms with E-state index < -0.39 is 7.12 Å². The molecule has 2 heterocycles. The van der Waals surface area contributed by atoms with Crippen LogP contribution in [0.4, 0.5) is 0 Å². The van der Waals surface area contributed by atoms with Gasteiger partial charge in [-0.3, -0.25) is 9.59 Å². The smallest absolute Gasteiger partial charge is 0.526 e. The van der Waals surface area contributed by atoms with Crippen LogP contribution in [0.15, 0.2) is 33.6 Å². The molecule has 8 heteroatoms. The summed E-state index contributed by atoms with van der Waals surface area (Å²) in [5.74, 6) is -0.0627. The third-order valence-electron chi connectivity index (χ3n) is 3.99. The molecule has 1 aromatic rings. The number of para-hydroxylation sites is 1. The van der Waals surface area contributed by atoms with Crippen LogP contribution in [0.3, 0.4) is 0 Å². The van der Waals surface area contributed by atoms with E-state index in [9.17, 15) is 14.6 Å². The molecule has 0 amide bonds. The van der Waals surface area contributed by atoms with E-state index in [0.29, 0.717) is 30.0 Å². The average molecular weight is 313 g/mol. The predicted molar refractivity (Wildman–Crippen MR) is 83.9 cm³/mol. The lowest BCUT2D eigenvalue weighted by Crippen LogP contribution is -2.36. The second-order valence-electron chi connectivity index (χ2n) is 5.80. The van der Waals surface area contributed by atoms with Gasteiger partial charge in [-0.1, -0.05) is 12.1 Å². The fourth-order valence-corrected chi connectivity index (χ4v) is 2.86. The number of Topliss-reactive ketones (excluding diaryl/α,β-unsaturated/α-hetero) is 2. The van der Waals surface area contributed by atoms with Gasteiger partial charge < -0.3 is 9.68 Å². The second kappa shape index (κ2) is 6.41. The Morgan fingerprint density at radius 3 is 2.96 bits per heavy atom. The summed E-state index contributed by atoms with van der Waals surface area (Å²) in [7, 11) is -1.10. The quantitative estimate of drug-likeness (QED) is 0.662. The minimum atomic E-state index is -1.10. The highest BCUT2D eigenvalue weighted by atomic mass is 16.5. The van der Waals surface area contributed by atoms with Crippen molar-refractivity contribution in [3.05, 3.63) is 29.3 Å². The highest BCUT2D eigenvalue weighted by molar-refractivity contribution is 6.47. The van der Waals surface area contributed by atoms with Crippen LogP contribution in [-0.2, 0) is 11.2 Å². The third-order valence-corrected chi connectivity index (χ3v) is 3.99. The first-order valence-corrected chi connectivity index (χ1v) is 7.46. The van der Waals surface area contributed by atoms with Crippen LogP contribution in [0.2, 0.25) is 5.82 Å². The first-order chi connectivity index (χ1) is 11.0. The third kappa shape index (κ3) is 3.37. The zero-order valence-electron chi connectivity index (χ0n) is 12.7. The number of rotatable bonds is 5. The van der Waals surface area contributed by atoms with Crippen LogP contribution >= 0.6 is 0 Å². The zero-order chi connectivity index (χ0) is 16.4. The Labute approximate surface area is 133 Å². The maximum atomic E-state index is 12.1. The van der Waals surface area contributed by atoms with Crippen LogP contribution in [-0.4, -0.2) is 36.0 Å². The van der Waals surface area contributed by atoms with Crippen molar-refractivity contribution in [1.82, 2.24) is 0 Å². The van der Waals surface area contributed by atoms with Gasteiger partial charge >= 0.3 is 7.12 Å². The molecule has 2 aliphatic heterocycles. The molecule has 0 aliphatic carbocycles. The zero-order valence-corrected chi connectivity index (χ0v) is 12.7. The first kappa shape index (κ1) is 15.5. The maximum absolute atomic E-state index is 12.1. The van der Waals surface area contributed by atoms with Crippen molar-refractivity contribution in [1.29, 1.82) is 0 Å². The van der Waals surface area contributed by atoms with Gasteiger partial charge in [-0.25, -0.2) is 0 Å². The molecule has 1 N–H and O–H groups in total. The molecule has 0 radical (unpaired) electrons. The standard InChI is InChI=1S/C15H16BN3O4/c1-9(20)14-4-2-3-10-5-11(16(22)23-15(10)14)6-13(21)7-12-8-17-19-18-12/h2-4,11,22H,5-8H2,1H3/t11-/m1/s1. The molecule has 2 aliphatic rings. The molecule has 0 aromatic heterocycles. The van der Waals surface area contributed by atoms with Gasteiger partial charge in [0.15, 0.2) is 5.78 Å². The normalized spacial score (nSPS) is 19.1. The van der Waals surface area contributed by atoms with Crippen molar-refractivity contribution in [2.45, 2.75) is 32.0 Å². The summed E-state index contributed by atoms with van der Waals surface area (Å²) in [6.45, 7) is 1.82. The maximum Gasteiger partial charge on any atom is 0.526 e. The Bertz CT molecular complexity index is 717. The van der Waals surface area contributed by atoms with Crippen molar-refractivity contribution in [3.8, 4) is 5.75 Å². The molecule has 3 rings (SSSR count). The van der Waals surface area contributed by atoms with E-state index >= 15 is 0 Å². The molecule has 0 unspecified atom stereocenters. The lowest BCUT2D eigenvalue weighted by Gasteiger charge is -2.28. The Morgan fingerprint density at radius 1 is 1.43 bits per heavy atom. The van der Waals surface area contributed by atoms with Crippen LogP contribution in [0.5, 0.6) is 5.75 Å². The average Bonchev–Trinajstić information content (AvgIpc) is 3.00. The summed E-state index contributed by atoms with van der Waals surface area (Å²) >= 11 is 0. The number of nitrogens with zero attached hydrogens (tertiary/aromatic N) is 3. The molecule has 0 saturated carbocycles. The summed E-state index contributed by atoms with van der Waals surface area (Å²) < 4.78 is 5.52. The highest BCUT2D eigenvalue weighted by Crippen LogP contribution is 2.36. The Kier molecular flexibility index (Phi) is 4.34. The fraction of sp³-hybridized carbons (Fsp3) is 0.400. The van der Waals surface area contributed by atoms with Gasteiger partial charge in [0.1, 0.15) is 18.1 Å². The molecular formula is C15H16BN3O4. The monoisotopic (exact) mass is 313 g/mol. The van der Waals surface area contributed by atoms with Crippen molar-refractivity contribution in [3.63, 3.8) is 0 Å². The predicted octanol–water partition coefficient (Wildman–Crippen LogP) is 1.85. The molecule has 0 fully saturated rings. The lowest BCUT2D eigenvalue weighted by atomic mass is 9.64. The van der Waals surface area contributed by atoms with E-state index in [1.807, 2.05) is 6.07 Å². The van der Waals surface area contributed by atoms with Crippen molar-refractivity contribution >= 4 is 24.4 Å². The van der Waals surface area contributed by atoms with E-state index in [0.717, 1.165) is 5.56 Å². The van der Waals surface area contributed by atoms with E-state index in [1.165, 1.54) is 6.92 Å². The van der Waals surface area contributed by atoms with Gasteiger partial charge in [0.2, 0.25) is 0 Å². The Hall–Kier alpha value is -2.35. The number of benzene rings is 1. The van der Waals surface area contributed by atoms with Crippen molar-refractivity contribution in [2.24, 2.45) is 15.4 Å². The van der Waals surface area contributed by atoms with E-state index in [4.69, 9.17) is 4.65 Å². The van der Waals surface area contributed by atoms with Crippen LogP contribution in [0.25, 0.3) is 0 Å². The SMILES string of the molecule is CC(=O)c1cccc2c1OB(O)[C@@H](CC(=O)CC1=NN=NC1)C2. The number of hydrogen-bond acceptors (Lipinski definition) is 7. The van der Waals surface area contributed by atoms with Gasteiger partial charge in [-0.2, -0.15) is 5.11 Å². The fourth-order valence-electron chi connectivity index (χ4n) is 2.86. The van der Waals surface area contributed by atoms with Gasteiger partial charge in [0, 0.05) is 18.7 Å². The first-order valence-electron chi connectivity index (χ1n) is 7.46. The summed E-state index contributed by atoms with van der Waals surface area (Å²) in [5, 5.41) is 21.1. The minimum absolute atomic E-state index is 0.0325. The highest BCUT2D eigenvalue weighted by Gasteiger charge is 2.37. The summed E-state index contributed by atoms with van der Waals surface area (Å²) in [5.41, 5.74) is 1.93. The largest absolute Gasteiger partial charge is 0.535 e. The van der Waals surface area contributed by atoms with Gasteiger partial charge in [-0.05, 0) is 30.2 Å². The Balaban J connectivity index is 1.70. The topological polar surface area (TPSA) is 101 Å². The Morgan fingerprint density at radius 2 is 2.26 bits per heavy atom. The molecule has 23 heavy (non-hydrogen) atoms. The molecular weight excluding hydrogens is 297 g/mol. The van der Waals surface area contributed by atoms with Gasteiger partial charge in [0.25, 0.3) is 0 Å². The molecule has 0 saturated heterocycles. The number of ketones is 2. The molecule has 1 atom stereocenters. The van der Waals surface area contributed by atoms with Gasteiger partial charge in [-0.15, -0.1) is 5.10 Å². The summed E-state index contributed by atoms with van der Waals surface area (Å²) in [4.78, 5) is 23.7. The van der Waals surface area contributed by atoms with Crippen LogP contribution < -0.4 is 4.65 Å². The van der Waals surface area contributed by atoms with E-state index in [1.54, 1.807) is 12.1 Å². The van der Waals surface area contributed by atoms with Crippen LogP contribution in [0.1, 0.15) is 35.7 Å². The van der Waals surface area contributed by atoms with E-state index in [-0.39, 0.29) is 30.2 Å². The van der Waals surface area contributed by atoms with Crippen molar-refractivity contribution < 1.29 is 19.3 Å². The molecule has 0 bridgehead atoms. The minimum Gasteiger partial charge on any atom is -0.535 e. The number of hydrogen-bond donors (Lipinski definition) is 1. The number of carbonyl (C=O) groups is 2.